The molecule has 0 aromatic heterocycles. The van der Waals surface area contributed by atoms with E-state index in [2.05, 4.69) is 15.1 Å². The maximum atomic E-state index is 10.7. The molecule has 82 valence electrons. The van der Waals surface area contributed by atoms with E-state index in [9.17, 15) is 4.79 Å². The summed E-state index contributed by atoms with van der Waals surface area (Å²) in [5.41, 5.74) is 5.13. The van der Waals surface area contributed by atoms with E-state index in [4.69, 9.17) is 5.73 Å². The third-order valence-electron chi connectivity index (χ3n) is 2.52. The standard InChI is InChI=1S/C9H20N4O/c1-11-2-3-12-4-6-13(7-5-12)8-9(10)14/h11H,2-8H2,1H3,(H2,10,14). The minimum absolute atomic E-state index is 0.228. The number of nitrogens with two attached hydrogens (primary N) is 1. The van der Waals surface area contributed by atoms with Gasteiger partial charge in [-0.3, -0.25) is 14.6 Å². The number of hydrogen-bond donors (Lipinski definition) is 2. The highest BCUT2D eigenvalue weighted by atomic mass is 16.1. The van der Waals surface area contributed by atoms with Crippen molar-refractivity contribution in [3.8, 4) is 0 Å². The van der Waals surface area contributed by atoms with Crippen LogP contribution in [0.1, 0.15) is 0 Å². The van der Waals surface area contributed by atoms with E-state index < -0.39 is 0 Å². The highest BCUT2D eigenvalue weighted by Crippen LogP contribution is 1.99. The Kier molecular flexibility index (Phi) is 4.86. The molecule has 1 aliphatic rings. The van der Waals surface area contributed by atoms with Crippen molar-refractivity contribution in [3.05, 3.63) is 0 Å². The summed E-state index contributed by atoms with van der Waals surface area (Å²) in [7, 11) is 1.96. The fourth-order valence-corrected chi connectivity index (χ4v) is 1.66. The summed E-state index contributed by atoms with van der Waals surface area (Å²) in [4.78, 5) is 15.2. The van der Waals surface area contributed by atoms with Gasteiger partial charge in [0.1, 0.15) is 0 Å². The van der Waals surface area contributed by atoms with Gasteiger partial charge in [0.05, 0.1) is 6.54 Å². The molecule has 0 atom stereocenters. The number of likely N-dealkylation sites (N-methyl/N-ethyl adjacent to an activating group) is 1. The first kappa shape index (κ1) is 11.4. The van der Waals surface area contributed by atoms with Gasteiger partial charge >= 0.3 is 0 Å². The second-order valence-electron chi connectivity index (χ2n) is 3.69. The van der Waals surface area contributed by atoms with Gasteiger partial charge in [-0.15, -0.1) is 0 Å². The predicted molar refractivity (Wildman–Crippen MR) is 56.0 cm³/mol. The zero-order valence-corrected chi connectivity index (χ0v) is 8.83. The number of nitrogens with one attached hydrogen (secondary N) is 1. The van der Waals surface area contributed by atoms with Crippen molar-refractivity contribution >= 4 is 5.91 Å². The number of carbonyl (C=O) groups is 1. The SMILES string of the molecule is CNCCN1CCN(CC(N)=O)CC1. The van der Waals surface area contributed by atoms with Crippen molar-refractivity contribution in [2.24, 2.45) is 5.73 Å². The zero-order chi connectivity index (χ0) is 10.4. The Hall–Kier alpha value is -0.650. The molecular weight excluding hydrogens is 180 g/mol. The summed E-state index contributed by atoms with van der Waals surface area (Å²) in [6.45, 7) is 6.49. The Labute approximate surface area is 85.2 Å². The quantitative estimate of drug-likeness (QED) is 0.556. The van der Waals surface area contributed by atoms with Crippen molar-refractivity contribution in [2.45, 2.75) is 0 Å². The summed E-state index contributed by atoms with van der Waals surface area (Å²) in [6.07, 6.45) is 0. The third-order valence-corrected chi connectivity index (χ3v) is 2.52. The van der Waals surface area contributed by atoms with Crippen molar-refractivity contribution in [1.82, 2.24) is 15.1 Å². The van der Waals surface area contributed by atoms with E-state index >= 15 is 0 Å². The molecule has 1 saturated heterocycles. The highest BCUT2D eigenvalue weighted by Gasteiger charge is 2.16. The number of piperazine rings is 1. The average Bonchev–Trinajstić information content (AvgIpc) is 2.16. The molecule has 0 bridgehead atoms. The first-order valence-electron chi connectivity index (χ1n) is 5.10. The van der Waals surface area contributed by atoms with Crippen LogP contribution in [-0.2, 0) is 4.79 Å². The van der Waals surface area contributed by atoms with Crippen molar-refractivity contribution in [3.63, 3.8) is 0 Å². The lowest BCUT2D eigenvalue weighted by Crippen LogP contribution is -2.49. The topological polar surface area (TPSA) is 61.6 Å². The molecule has 5 heteroatoms. The third kappa shape index (κ3) is 4.04. The molecule has 0 spiro atoms. The zero-order valence-electron chi connectivity index (χ0n) is 8.83. The number of carbonyl (C=O) groups excluding carboxylic acids is 1. The molecule has 14 heavy (non-hydrogen) atoms. The Morgan fingerprint density at radius 2 is 1.86 bits per heavy atom. The van der Waals surface area contributed by atoms with E-state index in [-0.39, 0.29) is 5.91 Å². The second kappa shape index (κ2) is 5.95. The minimum atomic E-state index is -0.228. The normalized spacial score (nSPS) is 19.8. The lowest BCUT2D eigenvalue weighted by molar-refractivity contribution is -0.119. The van der Waals surface area contributed by atoms with Crippen LogP contribution in [0.25, 0.3) is 0 Å². The lowest BCUT2D eigenvalue weighted by atomic mass is 10.3. The molecule has 0 aromatic rings. The van der Waals surface area contributed by atoms with Crippen LogP contribution in [0.4, 0.5) is 0 Å². The monoisotopic (exact) mass is 200 g/mol. The molecule has 3 N–H and O–H groups in total. The van der Waals surface area contributed by atoms with Gasteiger partial charge in [0, 0.05) is 39.3 Å². The fraction of sp³-hybridized carbons (Fsp3) is 0.889. The predicted octanol–water partition coefficient (Wildman–Crippen LogP) is -1.69. The Bertz CT molecular complexity index is 178. The smallest absolute Gasteiger partial charge is 0.231 e. The van der Waals surface area contributed by atoms with Crippen LogP contribution in [0.5, 0.6) is 0 Å². The summed E-state index contributed by atoms with van der Waals surface area (Å²) in [5, 5.41) is 3.13. The Morgan fingerprint density at radius 3 is 2.36 bits per heavy atom. The molecule has 1 fully saturated rings. The van der Waals surface area contributed by atoms with Crippen molar-refractivity contribution in [2.75, 3.05) is 52.9 Å². The number of hydrogen-bond acceptors (Lipinski definition) is 4. The fourth-order valence-electron chi connectivity index (χ4n) is 1.66. The number of primary amides is 1. The van der Waals surface area contributed by atoms with Crippen LogP contribution in [-0.4, -0.2) is 68.6 Å². The molecular formula is C9H20N4O. The molecule has 0 unspecified atom stereocenters. The first-order chi connectivity index (χ1) is 6.72. The lowest BCUT2D eigenvalue weighted by Gasteiger charge is -2.33. The highest BCUT2D eigenvalue weighted by molar-refractivity contribution is 5.75. The molecule has 0 aliphatic carbocycles. The van der Waals surface area contributed by atoms with Gasteiger partial charge in [0.15, 0.2) is 0 Å². The molecule has 1 aliphatic heterocycles. The van der Waals surface area contributed by atoms with Crippen LogP contribution in [0, 0.1) is 0 Å². The van der Waals surface area contributed by atoms with E-state index in [1.807, 2.05) is 7.05 Å². The van der Waals surface area contributed by atoms with Crippen LogP contribution < -0.4 is 11.1 Å². The second-order valence-corrected chi connectivity index (χ2v) is 3.69. The van der Waals surface area contributed by atoms with Crippen LogP contribution in [0.15, 0.2) is 0 Å². The molecule has 1 rings (SSSR count). The van der Waals surface area contributed by atoms with E-state index in [1.165, 1.54) is 0 Å². The van der Waals surface area contributed by atoms with Crippen LogP contribution in [0.2, 0.25) is 0 Å². The van der Waals surface area contributed by atoms with Gasteiger partial charge in [-0.1, -0.05) is 0 Å². The molecule has 0 aromatic carbocycles. The number of amides is 1. The van der Waals surface area contributed by atoms with E-state index in [0.29, 0.717) is 6.54 Å². The molecule has 0 radical (unpaired) electrons. The molecule has 0 saturated carbocycles. The molecule has 1 amide bonds. The molecule has 5 nitrogen and oxygen atoms in total. The van der Waals surface area contributed by atoms with Crippen LogP contribution >= 0.6 is 0 Å². The number of rotatable bonds is 5. The Morgan fingerprint density at radius 1 is 1.29 bits per heavy atom. The Balaban J connectivity index is 2.14. The van der Waals surface area contributed by atoms with Crippen molar-refractivity contribution < 1.29 is 4.79 Å². The van der Waals surface area contributed by atoms with Gasteiger partial charge in [0.25, 0.3) is 0 Å². The van der Waals surface area contributed by atoms with E-state index in [1.54, 1.807) is 0 Å². The summed E-state index contributed by atoms with van der Waals surface area (Å²) >= 11 is 0. The summed E-state index contributed by atoms with van der Waals surface area (Å²) in [6, 6.07) is 0. The minimum Gasteiger partial charge on any atom is -0.369 e. The van der Waals surface area contributed by atoms with E-state index in [0.717, 1.165) is 39.3 Å². The van der Waals surface area contributed by atoms with Crippen molar-refractivity contribution in [1.29, 1.82) is 0 Å². The summed E-state index contributed by atoms with van der Waals surface area (Å²) in [5.74, 6) is -0.228. The van der Waals surface area contributed by atoms with Crippen LogP contribution in [0.3, 0.4) is 0 Å². The van der Waals surface area contributed by atoms with Gasteiger partial charge in [-0.25, -0.2) is 0 Å². The van der Waals surface area contributed by atoms with Gasteiger partial charge < -0.3 is 11.1 Å². The maximum absolute atomic E-state index is 10.7. The number of nitrogens with zero attached hydrogens (tertiary/aromatic N) is 2. The maximum Gasteiger partial charge on any atom is 0.231 e. The summed E-state index contributed by atoms with van der Waals surface area (Å²) < 4.78 is 0. The molecule has 1 heterocycles. The largest absolute Gasteiger partial charge is 0.369 e. The van der Waals surface area contributed by atoms with Gasteiger partial charge in [0.2, 0.25) is 5.91 Å². The first-order valence-corrected chi connectivity index (χ1v) is 5.10. The van der Waals surface area contributed by atoms with Gasteiger partial charge in [-0.05, 0) is 7.05 Å². The average molecular weight is 200 g/mol. The van der Waals surface area contributed by atoms with Gasteiger partial charge in [-0.2, -0.15) is 0 Å².